The predicted molar refractivity (Wildman–Crippen MR) is 61.9 cm³/mol. The molecule has 4 N–H and O–H groups in total. The molecule has 0 aliphatic heterocycles. The summed E-state index contributed by atoms with van der Waals surface area (Å²) in [4.78, 5) is 0. The fourth-order valence-corrected chi connectivity index (χ4v) is 0.972. The van der Waals surface area contributed by atoms with Crippen LogP contribution >= 0.6 is 36.4 Å². The van der Waals surface area contributed by atoms with Gasteiger partial charge in [-0.3, -0.25) is 0 Å². The number of halogens is 3. The molecule has 13 heavy (non-hydrogen) atoms. The van der Waals surface area contributed by atoms with Crippen LogP contribution in [0.2, 0.25) is 5.02 Å². The van der Waals surface area contributed by atoms with Crippen molar-refractivity contribution in [3.05, 3.63) is 34.9 Å². The first-order valence-corrected chi connectivity index (χ1v) is 3.83. The molecule has 1 aromatic rings. The first kappa shape index (κ1) is 15.5. The minimum Gasteiger partial charge on any atom is -0.329 e. The van der Waals surface area contributed by atoms with Gasteiger partial charge in [0, 0.05) is 17.6 Å². The second kappa shape index (κ2) is 7.42. The second-order valence-corrected chi connectivity index (χ2v) is 2.83. The van der Waals surface area contributed by atoms with E-state index in [2.05, 4.69) is 0 Å². The van der Waals surface area contributed by atoms with Crippen LogP contribution in [0.4, 0.5) is 0 Å². The summed E-state index contributed by atoms with van der Waals surface area (Å²) in [5.74, 6) is 0. The number of benzene rings is 1. The maximum Gasteiger partial charge on any atom is 0.0419 e. The molecule has 0 saturated carbocycles. The second-order valence-electron chi connectivity index (χ2n) is 2.39. The van der Waals surface area contributed by atoms with Crippen LogP contribution in [0, 0.1) is 0 Å². The third kappa shape index (κ3) is 4.69. The Morgan fingerprint density at radius 2 is 1.62 bits per heavy atom. The van der Waals surface area contributed by atoms with Gasteiger partial charge in [0.05, 0.1) is 0 Å². The maximum absolute atomic E-state index is 5.69. The van der Waals surface area contributed by atoms with Gasteiger partial charge < -0.3 is 11.5 Å². The van der Waals surface area contributed by atoms with Crippen LogP contribution < -0.4 is 11.5 Å². The Hall–Kier alpha value is 0.01000. The highest BCUT2D eigenvalue weighted by Gasteiger charge is 2.01. The molecule has 0 aromatic heterocycles. The van der Waals surface area contributed by atoms with Crippen molar-refractivity contribution in [1.82, 2.24) is 0 Å². The number of hydrogen-bond donors (Lipinski definition) is 2. The average Bonchev–Trinajstić information content (AvgIpc) is 2.05. The Morgan fingerprint density at radius 1 is 1.15 bits per heavy atom. The van der Waals surface area contributed by atoms with Crippen LogP contribution in [0.5, 0.6) is 0 Å². The third-order valence-corrected chi connectivity index (χ3v) is 1.80. The molecule has 0 aliphatic carbocycles. The van der Waals surface area contributed by atoms with E-state index < -0.39 is 0 Å². The van der Waals surface area contributed by atoms with Crippen molar-refractivity contribution in [3.63, 3.8) is 0 Å². The van der Waals surface area contributed by atoms with Crippen molar-refractivity contribution in [2.75, 3.05) is 6.54 Å². The van der Waals surface area contributed by atoms with Crippen LogP contribution in [-0.4, -0.2) is 6.54 Å². The van der Waals surface area contributed by atoms with E-state index in [4.69, 9.17) is 23.1 Å². The van der Waals surface area contributed by atoms with Gasteiger partial charge in [0.25, 0.3) is 0 Å². The molecule has 0 heterocycles. The van der Waals surface area contributed by atoms with Gasteiger partial charge >= 0.3 is 0 Å². The van der Waals surface area contributed by atoms with E-state index in [1.807, 2.05) is 24.3 Å². The highest BCUT2D eigenvalue weighted by molar-refractivity contribution is 6.30. The molecule has 0 saturated heterocycles. The van der Waals surface area contributed by atoms with Crippen molar-refractivity contribution in [2.45, 2.75) is 6.04 Å². The van der Waals surface area contributed by atoms with Gasteiger partial charge in [-0.15, -0.1) is 24.8 Å². The Bertz CT molecular complexity index is 225. The normalized spacial score (nSPS) is 11.0. The topological polar surface area (TPSA) is 52.0 Å². The molecule has 0 spiro atoms. The molecular formula is C8H13Cl3N2. The Balaban J connectivity index is 0. The highest BCUT2D eigenvalue weighted by atomic mass is 35.5. The molecule has 0 amide bonds. The van der Waals surface area contributed by atoms with Crippen molar-refractivity contribution in [2.24, 2.45) is 11.5 Å². The summed E-state index contributed by atoms with van der Waals surface area (Å²) in [5, 5.41) is 0.720. The summed E-state index contributed by atoms with van der Waals surface area (Å²) in [5.41, 5.74) is 12.1. The van der Waals surface area contributed by atoms with E-state index in [1.165, 1.54) is 0 Å². The maximum atomic E-state index is 5.69. The first-order chi connectivity index (χ1) is 5.24. The van der Waals surface area contributed by atoms with Gasteiger partial charge in [-0.25, -0.2) is 0 Å². The molecular weight excluding hydrogens is 230 g/mol. The fraction of sp³-hybridized carbons (Fsp3) is 0.250. The molecule has 1 unspecified atom stereocenters. The van der Waals surface area contributed by atoms with Crippen LogP contribution in [0.15, 0.2) is 24.3 Å². The van der Waals surface area contributed by atoms with Crippen molar-refractivity contribution < 1.29 is 0 Å². The zero-order chi connectivity index (χ0) is 8.27. The lowest BCUT2D eigenvalue weighted by atomic mass is 10.1. The van der Waals surface area contributed by atoms with E-state index >= 15 is 0 Å². The van der Waals surface area contributed by atoms with Gasteiger partial charge in [0.2, 0.25) is 0 Å². The van der Waals surface area contributed by atoms with Crippen molar-refractivity contribution >= 4 is 36.4 Å². The molecule has 0 fully saturated rings. The third-order valence-electron chi connectivity index (χ3n) is 1.55. The summed E-state index contributed by atoms with van der Waals surface area (Å²) >= 11 is 5.69. The zero-order valence-corrected chi connectivity index (χ0v) is 9.33. The lowest BCUT2D eigenvalue weighted by molar-refractivity contribution is 0.737. The van der Waals surface area contributed by atoms with Gasteiger partial charge in [-0.1, -0.05) is 23.7 Å². The number of hydrogen-bond acceptors (Lipinski definition) is 2. The number of rotatable bonds is 2. The molecule has 1 rings (SSSR count). The lowest BCUT2D eigenvalue weighted by Crippen LogP contribution is -2.20. The Morgan fingerprint density at radius 3 is 2.00 bits per heavy atom. The molecule has 2 nitrogen and oxygen atoms in total. The smallest absolute Gasteiger partial charge is 0.0419 e. The minimum absolute atomic E-state index is 0. The van der Waals surface area contributed by atoms with E-state index in [0.717, 1.165) is 10.6 Å². The molecule has 0 bridgehead atoms. The molecule has 1 atom stereocenters. The standard InChI is InChI=1S/C8H11ClN2.2ClH/c9-7-3-1-6(2-4-7)8(11)5-10;;/h1-4,8H,5,10-11H2;2*1H. The zero-order valence-electron chi connectivity index (χ0n) is 6.94. The largest absolute Gasteiger partial charge is 0.329 e. The van der Waals surface area contributed by atoms with E-state index in [9.17, 15) is 0 Å². The van der Waals surface area contributed by atoms with Crippen LogP contribution in [0.1, 0.15) is 11.6 Å². The summed E-state index contributed by atoms with van der Waals surface area (Å²) in [6.45, 7) is 0.460. The van der Waals surface area contributed by atoms with E-state index in [1.54, 1.807) is 0 Å². The van der Waals surface area contributed by atoms with Gasteiger partial charge in [0.1, 0.15) is 0 Å². The van der Waals surface area contributed by atoms with Crippen LogP contribution in [-0.2, 0) is 0 Å². The van der Waals surface area contributed by atoms with Crippen LogP contribution in [0.25, 0.3) is 0 Å². The van der Waals surface area contributed by atoms with Crippen LogP contribution in [0.3, 0.4) is 0 Å². The van der Waals surface area contributed by atoms with E-state index in [-0.39, 0.29) is 30.9 Å². The van der Waals surface area contributed by atoms with Gasteiger partial charge in [-0.2, -0.15) is 0 Å². The summed E-state index contributed by atoms with van der Waals surface area (Å²) in [6, 6.07) is 7.32. The van der Waals surface area contributed by atoms with Gasteiger partial charge in [0.15, 0.2) is 0 Å². The molecule has 0 aliphatic rings. The predicted octanol–water partition coefficient (Wildman–Crippen LogP) is 2.14. The fourth-order valence-electron chi connectivity index (χ4n) is 0.846. The quantitative estimate of drug-likeness (QED) is 0.836. The van der Waals surface area contributed by atoms with E-state index in [0.29, 0.717) is 6.54 Å². The molecule has 76 valence electrons. The Kier molecular flexibility index (Phi) is 8.83. The molecule has 1 aromatic carbocycles. The minimum atomic E-state index is -0.0766. The number of nitrogens with two attached hydrogens (primary N) is 2. The SMILES string of the molecule is Cl.Cl.NCC(N)c1ccc(Cl)cc1. The summed E-state index contributed by atoms with van der Waals surface area (Å²) in [6.07, 6.45) is 0. The molecule has 0 radical (unpaired) electrons. The average molecular weight is 244 g/mol. The first-order valence-electron chi connectivity index (χ1n) is 3.45. The van der Waals surface area contributed by atoms with Crippen molar-refractivity contribution in [3.8, 4) is 0 Å². The Labute approximate surface area is 95.5 Å². The molecule has 5 heteroatoms. The monoisotopic (exact) mass is 242 g/mol. The lowest BCUT2D eigenvalue weighted by Gasteiger charge is -2.07. The highest BCUT2D eigenvalue weighted by Crippen LogP contribution is 2.13. The summed E-state index contributed by atoms with van der Waals surface area (Å²) in [7, 11) is 0. The summed E-state index contributed by atoms with van der Waals surface area (Å²) < 4.78 is 0. The van der Waals surface area contributed by atoms with Crippen molar-refractivity contribution in [1.29, 1.82) is 0 Å². The van der Waals surface area contributed by atoms with Gasteiger partial charge in [-0.05, 0) is 17.7 Å².